The first-order valence-corrected chi connectivity index (χ1v) is 6.72. The van der Waals surface area contributed by atoms with Crippen LogP contribution in [0.3, 0.4) is 0 Å². The number of nitrogens with zero attached hydrogens (tertiary/aromatic N) is 2. The number of hydrogen-bond acceptors (Lipinski definition) is 4. The predicted molar refractivity (Wildman–Crippen MR) is 76.0 cm³/mol. The third-order valence-corrected chi connectivity index (χ3v) is 3.06. The minimum atomic E-state index is -4.78. The van der Waals surface area contributed by atoms with Crippen molar-refractivity contribution >= 4 is 0 Å². The average molecular weight is 324 g/mol. The summed E-state index contributed by atoms with van der Waals surface area (Å²) in [7, 11) is 0. The molecular formula is C16H15F3N2O2. The fourth-order valence-corrected chi connectivity index (χ4v) is 2.10. The number of halogens is 3. The smallest absolute Gasteiger partial charge is 0.406 e. The lowest BCUT2D eigenvalue weighted by Crippen LogP contribution is -2.28. The van der Waals surface area contributed by atoms with Gasteiger partial charge >= 0.3 is 6.36 Å². The zero-order chi connectivity index (χ0) is 17.5. The van der Waals surface area contributed by atoms with Crippen LogP contribution >= 0.6 is 0 Å². The summed E-state index contributed by atoms with van der Waals surface area (Å²) < 4.78 is 45.8. The largest absolute Gasteiger partial charge is 0.573 e. The van der Waals surface area contributed by atoms with E-state index in [1.54, 1.807) is 6.92 Å². The van der Waals surface area contributed by atoms with E-state index in [1.165, 1.54) is 18.2 Å². The van der Waals surface area contributed by atoms with Crippen molar-refractivity contribution in [3.05, 3.63) is 42.5 Å². The Bertz CT molecular complexity index is 598. The number of benzene rings is 1. The molecule has 4 nitrogen and oxygen atoms in total. The minimum absolute atomic E-state index is 0.0610. The van der Waals surface area contributed by atoms with Crippen molar-refractivity contribution in [1.29, 1.82) is 10.5 Å². The van der Waals surface area contributed by atoms with Crippen LogP contribution in [0.15, 0.2) is 36.9 Å². The molecule has 1 atom stereocenters. The van der Waals surface area contributed by atoms with Crippen LogP contribution in [0, 0.1) is 28.1 Å². The second-order valence-corrected chi connectivity index (χ2v) is 4.64. The molecular weight excluding hydrogens is 309 g/mol. The van der Waals surface area contributed by atoms with Gasteiger partial charge in [0, 0.05) is 6.61 Å². The number of rotatable bonds is 7. The van der Waals surface area contributed by atoms with Gasteiger partial charge < -0.3 is 9.47 Å². The van der Waals surface area contributed by atoms with Gasteiger partial charge in [0.2, 0.25) is 0 Å². The van der Waals surface area contributed by atoms with E-state index in [-0.39, 0.29) is 18.8 Å². The van der Waals surface area contributed by atoms with E-state index in [0.29, 0.717) is 5.56 Å². The van der Waals surface area contributed by atoms with Gasteiger partial charge in [-0.25, -0.2) is 0 Å². The molecule has 0 amide bonds. The normalized spacial score (nSPS) is 12.8. The second-order valence-electron chi connectivity index (χ2n) is 4.64. The lowest BCUT2D eigenvalue weighted by Gasteiger charge is -2.28. The molecule has 0 aliphatic rings. The first-order valence-electron chi connectivity index (χ1n) is 6.72. The zero-order valence-corrected chi connectivity index (χ0v) is 12.4. The van der Waals surface area contributed by atoms with Crippen molar-refractivity contribution in [3.63, 3.8) is 0 Å². The van der Waals surface area contributed by atoms with Gasteiger partial charge in [-0.3, -0.25) is 0 Å². The molecule has 0 radical (unpaired) electrons. The topological polar surface area (TPSA) is 66.0 Å². The third-order valence-electron chi connectivity index (χ3n) is 3.06. The van der Waals surface area contributed by atoms with E-state index >= 15 is 0 Å². The van der Waals surface area contributed by atoms with Crippen molar-refractivity contribution in [1.82, 2.24) is 0 Å². The highest BCUT2D eigenvalue weighted by Crippen LogP contribution is 2.40. The molecule has 0 aliphatic heterocycles. The molecule has 0 saturated carbocycles. The lowest BCUT2D eigenvalue weighted by molar-refractivity contribution is -0.274. The highest BCUT2D eigenvalue weighted by molar-refractivity contribution is 5.34. The van der Waals surface area contributed by atoms with Gasteiger partial charge in [0.25, 0.3) is 0 Å². The molecule has 0 fully saturated rings. The monoisotopic (exact) mass is 324 g/mol. The Balaban J connectivity index is 3.18. The van der Waals surface area contributed by atoms with Crippen LogP contribution in [0.5, 0.6) is 5.75 Å². The number of nitriles is 2. The van der Waals surface area contributed by atoms with Crippen LogP contribution < -0.4 is 4.74 Å². The first kappa shape index (κ1) is 18.5. The Morgan fingerprint density at radius 2 is 1.78 bits per heavy atom. The van der Waals surface area contributed by atoms with E-state index < -0.39 is 17.9 Å². The van der Waals surface area contributed by atoms with Gasteiger partial charge in [-0.1, -0.05) is 18.2 Å². The van der Waals surface area contributed by atoms with Crippen LogP contribution in [-0.4, -0.2) is 13.0 Å². The highest BCUT2D eigenvalue weighted by atomic mass is 19.4. The van der Waals surface area contributed by atoms with Crippen molar-refractivity contribution in [2.45, 2.75) is 25.8 Å². The summed E-state index contributed by atoms with van der Waals surface area (Å²) in [6, 6.07) is 8.78. The summed E-state index contributed by atoms with van der Waals surface area (Å²) >= 11 is 0. The molecule has 1 aromatic carbocycles. The zero-order valence-electron chi connectivity index (χ0n) is 12.4. The molecule has 0 heterocycles. The summed E-state index contributed by atoms with van der Waals surface area (Å²) in [5, 5.41) is 18.8. The predicted octanol–water partition coefficient (Wildman–Crippen LogP) is 4.27. The summed E-state index contributed by atoms with van der Waals surface area (Å²) in [6.45, 7) is 5.46. The Morgan fingerprint density at radius 1 is 1.22 bits per heavy atom. The Kier molecular flexibility index (Phi) is 6.18. The van der Waals surface area contributed by atoms with Crippen LogP contribution in [0.2, 0.25) is 0 Å². The quantitative estimate of drug-likeness (QED) is 0.702. The van der Waals surface area contributed by atoms with Gasteiger partial charge in [-0.05, 0) is 31.0 Å². The molecule has 0 spiro atoms. The van der Waals surface area contributed by atoms with E-state index in [4.69, 9.17) is 4.74 Å². The van der Waals surface area contributed by atoms with Gasteiger partial charge in [-0.15, -0.1) is 19.8 Å². The van der Waals surface area contributed by atoms with Gasteiger partial charge in [-0.2, -0.15) is 10.5 Å². The van der Waals surface area contributed by atoms with Crippen LogP contribution in [-0.2, 0) is 4.74 Å². The minimum Gasteiger partial charge on any atom is -0.406 e. The van der Waals surface area contributed by atoms with Crippen LogP contribution in [0.1, 0.15) is 25.0 Å². The molecule has 23 heavy (non-hydrogen) atoms. The maximum Gasteiger partial charge on any atom is 0.573 e. The maximum absolute atomic E-state index is 12.2. The van der Waals surface area contributed by atoms with Crippen molar-refractivity contribution < 1.29 is 22.6 Å². The summed E-state index contributed by atoms with van der Waals surface area (Å²) in [5.41, 5.74) is -1.10. The van der Waals surface area contributed by atoms with E-state index in [9.17, 15) is 23.7 Å². The van der Waals surface area contributed by atoms with E-state index in [2.05, 4.69) is 11.3 Å². The lowest BCUT2D eigenvalue weighted by atomic mass is 9.78. The summed E-state index contributed by atoms with van der Waals surface area (Å²) in [6.07, 6.45) is -4.21. The molecule has 0 saturated heterocycles. The molecule has 7 heteroatoms. The summed E-state index contributed by atoms with van der Waals surface area (Å²) in [5.74, 6) is -0.389. The average Bonchev–Trinajstić information content (AvgIpc) is 2.50. The standard InChI is InChI=1S/C16H15F3N2O2/c1-3-9-15(10-20,11-21)14(22-4-2)12-5-7-13(8-6-12)23-16(17,18)19/h3,5-8,14H,1,4,9H2,2H3. The van der Waals surface area contributed by atoms with Crippen molar-refractivity contribution in [2.75, 3.05) is 6.61 Å². The number of hydrogen-bond donors (Lipinski definition) is 0. The highest BCUT2D eigenvalue weighted by Gasteiger charge is 2.40. The fourth-order valence-electron chi connectivity index (χ4n) is 2.10. The number of ether oxygens (including phenoxy) is 2. The van der Waals surface area contributed by atoms with Gasteiger partial charge in [0.1, 0.15) is 11.9 Å². The number of alkyl halides is 3. The van der Waals surface area contributed by atoms with E-state index in [0.717, 1.165) is 12.1 Å². The van der Waals surface area contributed by atoms with Crippen LogP contribution in [0.4, 0.5) is 13.2 Å². The third kappa shape index (κ3) is 4.73. The molecule has 1 aromatic rings. The molecule has 1 unspecified atom stereocenters. The number of allylic oxidation sites excluding steroid dienone is 1. The van der Waals surface area contributed by atoms with Crippen molar-refractivity contribution in [2.24, 2.45) is 5.41 Å². The molecule has 0 aromatic heterocycles. The Hall–Kier alpha value is -2.51. The second kappa shape index (κ2) is 7.66. The van der Waals surface area contributed by atoms with Crippen molar-refractivity contribution in [3.8, 4) is 17.9 Å². The van der Waals surface area contributed by atoms with Gasteiger partial charge in [0.15, 0.2) is 5.41 Å². The molecule has 0 bridgehead atoms. The molecule has 0 aliphatic carbocycles. The first-order chi connectivity index (χ1) is 10.8. The Labute approximate surface area is 132 Å². The SMILES string of the molecule is C=CCC(C#N)(C#N)C(OCC)c1ccc(OC(F)(F)F)cc1. The molecule has 1 rings (SSSR count). The molecule has 0 N–H and O–H groups in total. The van der Waals surface area contributed by atoms with E-state index in [1.807, 2.05) is 12.1 Å². The fraction of sp³-hybridized carbons (Fsp3) is 0.375. The summed E-state index contributed by atoms with van der Waals surface area (Å²) in [4.78, 5) is 0. The van der Waals surface area contributed by atoms with Crippen LogP contribution in [0.25, 0.3) is 0 Å². The van der Waals surface area contributed by atoms with Gasteiger partial charge in [0.05, 0.1) is 12.1 Å². The Morgan fingerprint density at radius 3 is 2.17 bits per heavy atom. The maximum atomic E-state index is 12.2. The molecule has 122 valence electrons.